The van der Waals surface area contributed by atoms with Crippen LogP contribution in [0, 0.1) is 13.8 Å². The quantitative estimate of drug-likeness (QED) is 0.693. The third-order valence-electron chi connectivity index (χ3n) is 4.78. The minimum atomic E-state index is -3.78. The predicted molar refractivity (Wildman–Crippen MR) is 106 cm³/mol. The first-order valence-electron chi connectivity index (χ1n) is 8.86. The molecule has 0 atom stereocenters. The Balaban J connectivity index is 2.19. The molecule has 27 heavy (non-hydrogen) atoms. The molecule has 1 N–H and O–H groups in total. The van der Waals surface area contributed by atoms with E-state index < -0.39 is 10.0 Å². The summed E-state index contributed by atoms with van der Waals surface area (Å²) in [7, 11) is -3.78. The number of aryl methyl sites for hydroxylation is 2. The molecule has 0 bridgehead atoms. The van der Waals surface area contributed by atoms with Gasteiger partial charge in [0.25, 0.3) is 10.0 Å². The number of aromatic hydroxyl groups is 1. The van der Waals surface area contributed by atoms with Crippen molar-refractivity contribution in [3.63, 3.8) is 0 Å². The third kappa shape index (κ3) is 3.62. The molecule has 5 nitrogen and oxygen atoms in total. The topological polar surface area (TPSA) is 76.4 Å². The minimum Gasteiger partial charge on any atom is -0.508 e. The fourth-order valence-electron chi connectivity index (χ4n) is 3.40. The van der Waals surface area contributed by atoms with Crippen LogP contribution < -0.4 is 0 Å². The van der Waals surface area contributed by atoms with Crippen LogP contribution in [0.5, 0.6) is 5.75 Å². The molecule has 142 valence electrons. The van der Waals surface area contributed by atoms with E-state index in [4.69, 9.17) is 0 Å². The molecule has 0 saturated heterocycles. The summed E-state index contributed by atoms with van der Waals surface area (Å²) in [5, 5.41) is 10.6. The monoisotopic (exact) mass is 385 g/mol. The van der Waals surface area contributed by atoms with Gasteiger partial charge in [-0.1, -0.05) is 17.7 Å². The van der Waals surface area contributed by atoms with Gasteiger partial charge in [0.15, 0.2) is 0 Å². The number of hydrogen-bond acceptors (Lipinski definition) is 4. The molecular weight excluding hydrogens is 362 g/mol. The molecule has 0 spiro atoms. The van der Waals surface area contributed by atoms with Crippen molar-refractivity contribution < 1.29 is 18.3 Å². The number of nitrogens with zero attached hydrogens (tertiary/aromatic N) is 1. The van der Waals surface area contributed by atoms with E-state index in [0.717, 1.165) is 11.1 Å². The van der Waals surface area contributed by atoms with E-state index in [9.17, 15) is 18.3 Å². The molecule has 3 rings (SSSR count). The largest absolute Gasteiger partial charge is 0.508 e. The number of ketones is 1. The lowest BCUT2D eigenvalue weighted by Gasteiger charge is -2.11. The Hall–Kier alpha value is -2.60. The predicted octanol–water partition coefficient (Wildman–Crippen LogP) is 4.11. The Morgan fingerprint density at radius 2 is 1.74 bits per heavy atom. The van der Waals surface area contributed by atoms with Crippen molar-refractivity contribution in [2.24, 2.45) is 0 Å². The van der Waals surface area contributed by atoms with E-state index in [0.29, 0.717) is 35.9 Å². The van der Waals surface area contributed by atoms with Crippen molar-refractivity contribution in [3.05, 3.63) is 59.3 Å². The van der Waals surface area contributed by atoms with Crippen LogP contribution in [-0.4, -0.2) is 23.3 Å². The Morgan fingerprint density at radius 3 is 2.37 bits per heavy atom. The summed E-state index contributed by atoms with van der Waals surface area (Å²) in [4.78, 5) is 11.5. The van der Waals surface area contributed by atoms with Gasteiger partial charge in [-0.15, -0.1) is 0 Å². The molecule has 0 radical (unpaired) electrons. The number of benzene rings is 2. The van der Waals surface area contributed by atoms with Crippen LogP contribution in [0.2, 0.25) is 0 Å². The number of carbonyl (C=O) groups is 1. The first kappa shape index (κ1) is 19.2. The highest BCUT2D eigenvalue weighted by atomic mass is 32.2. The molecule has 0 saturated carbocycles. The van der Waals surface area contributed by atoms with Gasteiger partial charge >= 0.3 is 0 Å². The molecule has 0 fully saturated rings. The van der Waals surface area contributed by atoms with E-state index in [2.05, 4.69) is 0 Å². The molecule has 1 aromatic heterocycles. The summed E-state index contributed by atoms with van der Waals surface area (Å²) >= 11 is 0. The number of phenols is 1. The zero-order valence-corrected chi connectivity index (χ0v) is 16.5. The standard InChI is InChI=1S/C21H23NO4S/c1-14-7-10-18(11-8-14)27(25,26)22-16(3)19(6-4-5-15(2)23)20-13-17(24)9-12-21(20)22/h7-13,24H,4-6H2,1-3H3. The van der Waals surface area contributed by atoms with Gasteiger partial charge in [0.2, 0.25) is 0 Å². The average Bonchev–Trinajstić information content (AvgIpc) is 2.87. The first-order chi connectivity index (χ1) is 12.7. The van der Waals surface area contributed by atoms with E-state index in [1.165, 1.54) is 10.0 Å². The smallest absolute Gasteiger partial charge is 0.268 e. The number of phenolic OH excluding ortho intramolecular Hbond substituents is 1. The van der Waals surface area contributed by atoms with E-state index in [1.807, 2.05) is 6.92 Å². The zero-order valence-electron chi connectivity index (χ0n) is 15.7. The Morgan fingerprint density at radius 1 is 1.07 bits per heavy atom. The summed E-state index contributed by atoms with van der Waals surface area (Å²) in [6.45, 7) is 5.22. The summed E-state index contributed by atoms with van der Waals surface area (Å²) in [6, 6.07) is 11.4. The molecule has 6 heteroatoms. The van der Waals surface area contributed by atoms with Gasteiger partial charge in [-0.05, 0) is 69.5 Å². The van der Waals surface area contributed by atoms with Crippen LogP contribution in [0.15, 0.2) is 47.4 Å². The van der Waals surface area contributed by atoms with E-state index >= 15 is 0 Å². The molecule has 2 aromatic carbocycles. The van der Waals surface area contributed by atoms with E-state index in [-0.39, 0.29) is 16.4 Å². The van der Waals surface area contributed by atoms with Gasteiger partial charge in [-0.3, -0.25) is 0 Å². The summed E-state index contributed by atoms with van der Waals surface area (Å²) in [5.41, 5.74) is 2.97. The van der Waals surface area contributed by atoms with Gasteiger partial charge in [-0.25, -0.2) is 12.4 Å². The molecule has 0 aliphatic carbocycles. The second-order valence-electron chi connectivity index (χ2n) is 6.90. The summed E-state index contributed by atoms with van der Waals surface area (Å²) < 4.78 is 28.0. The van der Waals surface area contributed by atoms with Crippen molar-refractivity contribution in [2.45, 2.75) is 44.9 Å². The van der Waals surface area contributed by atoms with Crippen molar-refractivity contribution in [1.82, 2.24) is 3.97 Å². The first-order valence-corrected chi connectivity index (χ1v) is 10.3. The average molecular weight is 385 g/mol. The normalized spacial score (nSPS) is 11.8. The zero-order chi connectivity index (χ0) is 19.8. The van der Waals surface area contributed by atoms with Crippen LogP contribution in [0.4, 0.5) is 0 Å². The fourth-order valence-corrected chi connectivity index (χ4v) is 4.98. The molecule has 0 amide bonds. The Kier molecular flexibility index (Phi) is 5.11. The third-order valence-corrected chi connectivity index (χ3v) is 6.60. The van der Waals surface area contributed by atoms with Gasteiger partial charge in [-0.2, -0.15) is 0 Å². The van der Waals surface area contributed by atoms with Crippen molar-refractivity contribution >= 4 is 26.7 Å². The summed E-state index contributed by atoms with van der Waals surface area (Å²) in [5.74, 6) is 0.187. The molecule has 1 heterocycles. The lowest BCUT2D eigenvalue weighted by atomic mass is 10.0. The van der Waals surface area contributed by atoms with Crippen molar-refractivity contribution in [2.75, 3.05) is 0 Å². The molecule has 3 aromatic rings. The van der Waals surface area contributed by atoms with Gasteiger partial charge in [0.05, 0.1) is 10.4 Å². The highest BCUT2D eigenvalue weighted by molar-refractivity contribution is 7.90. The van der Waals surface area contributed by atoms with Gasteiger partial charge in [0, 0.05) is 17.5 Å². The minimum absolute atomic E-state index is 0.0835. The van der Waals surface area contributed by atoms with Crippen LogP contribution in [-0.2, 0) is 21.2 Å². The summed E-state index contributed by atoms with van der Waals surface area (Å²) in [6.07, 6.45) is 1.65. The van der Waals surface area contributed by atoms with Crippen LogP contribution >= 0.6 is 0 Å². The van der Waals surface area contributed by atoms with Crippen molar-refractivity contribution in [3.8, 4) is 5.75 Å². The molecular formula is C21H23NO4S. The van der Waals surface area contributed by atoms with Gasteiger partial charge < -0.3 is 9.90 Å². The molecule has 0 aliphatic rings. The van der Waals surface area contributed by atoms with Crippen LogP contribution in [0.1, 0.15) is 36.6 Å². The number of carbonyl (C=O) groups excluding carboxylic acids is 1. The van der Waals surface area contributed by atoms with Crippen LogP contribution in [0.3, 0.4) is 0 Å². The maximum Gasteiger partial charge on any atom is 0.268 e. The SMILES string of the molecule is CC(=O)CCCc1c(C)n(S(=O)(=O)c2ccc(C)cc2)c2ccc(O)cc12. The fraction of sp³-hybridized carbons (Fsp3) is 0.286. The van der Waals surface area contributed by atoms with Crippen LogP contribution in [0.25, 0.3) is 10.9 Å². The molecule has 0 unspecified atom stereocenters. The number of hydrogen-bond donors (Lipinski definition) is 1. The highest BCUT2D eigenvalue weighted by Crippen LogP contribution is 2.33. The van der Waals surface area contributed by atoms with E-state index in [1.54, 1.807) is 50.2 Å². The highest BCUT2D eigenvalue weighted by Gasteiger charge is 2.25. The molecule has 0 aliphatic heterocycles. The number of Topliss-reactive ketones (excluding diaryl/α,β-unsaturated/α-hetero) is 1. The Labute approximate surface area is 159 Å². The maximum atomic E-state index is 13.3. The van der Waals surface area contributed by atoms with Crippen molar-refractivity contribution in [1.29, 1.82) is 0 Å². The lowest BCUT2D eigenvalue weighted by Crippen LogP contribution is -2.14. The van der Waals surface area contributed by atoms with Gasteiger partial charge in [0.1, 0.15) is 11.5 Å². The Bertz CT molecular complexity index is 1110. The number of fused-ring (bicyclic) bond motifs is 1. The maximum absolute atomic E-state index is 13.3. The lowest BCUT2D eigenvalue weighted by molar-refractivity contribution is -0.117. The second kappa shape index (κ2) is 7.19. The number of rotatable bonds is 6. The second-order valence-corrected chi connectivity index (χ2v) is 8.69. The number of aromatic nitrogens is 1.